The van der Waals surface area contributed by atoms with Crippen molar-refractivity contribution >= 4 is 5.84 Å². The Hall–Kier alpha value is -1.32. The third-order valence-corrected chi connectivity index (χ3v) is 4.14. The zero-order valence-corrected chi connectivity index (χ0v) is 10.2. The summed E-state index contributed by atoms with van der Waals surface area (Å²) in [5.41, 5.74) is 8.56. The van der Waals surface area contributed by atoms with Gasteiger partial charge in [0.25, 0.3) is 0 Å². The molecule has 1 heterocycles. The number of rotatable bonds is 4. The van der Waals surface area contributed by atoms with E-state index in [1.165, 1.54) is 43.5 Å². The van der Waals surface area contributed by atoms with Gasteiger partial charge in [-0.15, -0.1) is 0 Å². The Morgan fingerprint density at radius 3 is 2.88 bits per heavy atom. The van der Waals surface area contributed by atoms with Gasteiger partial charge in [0.15, 0.2) is 0 Å². The molecule has 2 aliphatic carbocycles. The predicted octanol–water partition coefficient (Wildman–Crippen LogP) is 1.87. The predicted molar refractivity (Wildman–Crippen MR) is 67.1 cm³/mol. The zero-order valence-electron chi connectivity index (χ0n) is 10.2. The highest BCUT2D eigenvalue weighted by atomic mass is 15.1. The van der Waals surface area contributed by atoms with Crippen molar-refractivity contribution in [2.24, 2.45) is 11.1 Å². The molecule has 17 heavy (non-hydrogen) atoms. The number of nitrogens with zero attached hydrogens (tertiary/aromatic N) is 2. The van der Waals surface area contributed by atoms with Crippen molar-refractivity contribution in [3.63, 3.8) is 0 Å². The minimum Gasteiger partial charge on any atom is -0.388 e. The van der Waals surface area contributed by atoms with Gasteiger partial charge in [-0.2, -0.15) is 0 Å². The van der Waals surface area contributed by atoms with Crippen LogP contribution in [0.25, 0.3) is 0 Å². The highest BCUT2D eigenvalue weighted by Gasteiger charge is 2.43. The standard InChI is InChI=1S/C13H20N4/c14-12(15)7-13(5-6-13)8-17-9-16-10-3-1-2-4-11(10)17/h9H,1-8H2,(H3,14,15). The van der Waals surface area contributed by atoms with Gasteiger partial charge >= 0.3 is 0 Å². The smallest absolute Gasteiger partial charge is 0.0951 e. The lowest BCUT2D eigenvalue weighted by atomic mass is 9.99. The molecule has 0 amide bonds. The molecule has 0 aromatic carbocycles. The lowest BCUT2D eigenvalue weighted by Gasteiger charge is -2.19. The van der Waals surface area contributed by atoms with E-state index in [9.17, 15) is 0 Å². The van der Waals surface area contributed by atoms with Crippen molar-refractivity contribution in [2.75, 3.05) is 0 Å². The van der Waals surface area contributed by atoms with E-state index in [4.69, 9.17) is 11.1 Å². The Morgan fingerprint density at radius 2 is 2.18 bits per heavy atom. The summed E-state index contributed by atoms with van der Waals surface area (Å²) in [6, 6.07) is 0. The minimum atomic E-state index is 0.276. The summed E-state index contributed by atoms with van der Waals surface area (Å²) in [5.74, 6) is 0.330. The molecule has 0 saturated heterocycles. The number of aromatic nitrogens is 2. The number of hydrogen-bond acceptors (Lipinski definition) is 2. The van der Waals surface area contributed by atoms with Crippen molar-refractivity contribution in [3.05, 3.63) is 17.7 Å². The van der Waals surface area contributed by atoms with Gasteiger partial charge in [0.1, 0.15) is 0 Å². The molecule has 1 fully saturated rings. The Labute approximate surface area is 102 Å². The first-order valence-corrected chi connectivity index (χ1v) is 6.54. The van der Waals surface area contributed by atoms with Crippen LogP contribution in [0.1, 0.15) is 43.5 Å². The highest BCUT2D eigenvalue weighted by Crippen LogP contribution is 2.50. The summed E-state index contributed by atoms with van der Waals surface area (Å²) in [6.07, 6.45) is 10.0. The third kappa shape index (κ3) is 2.08. The van der Waals surface area contributed by atoms with Crippen molar-refractivity contribution in [1.82, 2.24) is 9.55 Å². The van der Waals surface area contributed by atoms with E-state index in [1.54, 1.807) is 0 Å². The van der Waals surface area contributed by atoms with Gasteiger partial charge in [-0.05, 0) is 43.9 Å². The van der Waals surface area contributed by atoms with E-state index in [2.05, 4.69) is 9.55 Å². The molecule has 2 aliphatic rings. The van der Waals surface area contributed by atoms with E-state index in [0.29, 0.717) is 5.84 Å². The Bertz CT molecular complexity index is 442. The van der Waals surface area contributed by atoms with Crippen molar-refractivity contribution in [3.8, 4) is 0 Å². The van der Waals surface area contributed by atoms with Crippen LogP contribution in [0.3, 0.4) is 0 Å². The summed E-state index contributed by atoms with van der Waals surface area (Å²) in [5, 5.41) is 7.46. The second kappa shape index (κ2) is 3.86. The molecule has 0 atom stereocenters. The van der Waals surface area contributed by atoms with E-state index in [-0.39, 0.29) is 5.41 Å². The Balaban J connectivity index is 1.77. The van der Waals surface area contributed by atoms with Crippen LogP contribution in [0, 0.1) is 10.8 Å². The number of nitrogens with one attached hydrogen (secondary N) is 1. The first-order valence-electron chi connectivity index (χ1n) is 6.54. The van der Waals surface area contributed by atoms with Crippen molar-refractivity contribution in [2.45, 2.75) is 51.5 Å². The summed E-state index contributed by atoms with van der Waals surface area (Å²) >= 11 is 0. The number of hydrogen-bond donors (Lipinski definition) is 2. The van der Waals surface area contributed by atoms with Crippen molar-refractivity contribution < 1.29 is 0 Å². The Kier molecular flexibility index (Phi) is 2.45. The Morgan fingerprint density at radius 1 is 1.41 bits per heavy atom. The van der Waals surface area contributed by atoms with E-state index >= 15 is 0 Å². The minimum absolute atomic E-state index is 0.276. The summed E-state index contributed by atoms with van der Waals surface area (Å²) in [6.45, 7) is 1.01. The maximum Gasteiger partial charge on any atom is 0.0951 e. The van der Waals surface area contributed by atoms with E-state index < -0.39 is 0 Å². The fourth-order valence-electron chi connectivity index (χ4n) is 3.00. The average molecular weight is 232 g/mol. The maximum absolute atomic E-state index is 7.46. The lowest BCUT2D eigenvalue weighted by molar-refractivity contribution is 0.423. The number of imidazole rings is 1. The molecule has 1 aromatic rings. The molecular formula is C13H20N4. The summed E-state index contributed by atoms with van der Waals surface area (Å²) in [7, 11) is 0. The van der Waals surface area contributed by atoms with Gasteiger partial charge in [-0.25, -0.2) is 4.98 Å². The molecule has 1 aromatic heterocycles. The highest BCUT2D eigenvalue weighted by molar-refractivity contribution is 5.78. The van der Waals surface area contributed by atoms with Gasteiger partial charge in [-0.1, -0.05) is 0 Å². The molecule has 0 aliphatic heterocycles. The molecule has 3 rings (SSSR count). The number of amidine groups is 1. The van der Waals surface area contributed by atoms with Crippen LogP contribution in [0.5, 0.6) is 0 Å². The number of nitrogens with two attached hydrogens (primary N) is 1. The number of fused-ring (bicyclic) bond motifs is 1. The monoisotopic (exact) mass is 232 g/mol. The molecule has 1 saturated carbocycles. The summed E-state index contributed by atoms with van der Waals surface area (Å²) < 4.78 is 2.32. The van der Waals surface area contributed by atoms with E-state index in [0.717, 1.165) is 19.4 Å². The maximum atomic E-state index is 7.46. The average Bonchev–Trinajstić information content (AvgIpc) is 2.91. The van der Waals surface area contributed by atoms with Crippen LogP contribution in [0.2, 0.25) is 0 Å². The third-order valence-electron chi connectivity index (χ3n) is 4.14. The van der Waals surface area contributed by atoms with Crippen LogP contribution >= 0.6 is 0 Å². The molecule has 92 valence electrons. The van der Waals surface area contributed by atoms with Crippen LogP contribution in [-0.4, -0.2) is 15.4 Å². The quantitative estimate of drug-likeness (QED) is 0.614. The number of aryl methyl sites for hydroxylation is 1. The molecule has 4 heteroatoms. The second-order valence-electron chi connectivity index (χ2n) is 5.67. The van der Waals surface area contributed by atoms with Gasteiger partial charge in [0.2, 0.25) is 0 Å². The summed E-state index contributed by atoms with van der Waals surface area (Å²) in [4.78, 5) is 4.53. The fourth-order valence-corrected chi connectivity index (χ4v) is 3.00. The SMILES string of the molecule is N=C(N)CC1(Cn2cnc3c2CCCC3)CC1. The van der Waals surface area contributed by atoms with E-state index in [1.807, 2.05) is 6.33 Å². The van der Waals surface area contributed by atoms with Gasteiger partial charge in [0.05, 0.1) is 17.9 Å². The van der Waals surface area contributed by atoms with Crippen LogP contribution < -0.4 is 5.73 Å². The van der Waals surface area contributed by atoms with Crippen molar-refractivity contribution in [1.29, 1.82) is 5.41 Å². The first-order chi connectivity index (χ1) is 8.19. The largest absolute Gasteiger partial charge is 0.388 e. The molecule has 0 spiro atoms. The van der Waals surface area contributed by atoms with Crippen LogP contribution in [0.15, 0.2) is 6.33 Å². The van der Waals surface area contributed by atoms with Crippen LogP contribution in [0.4, 0.5) is 0 Å². The van der Waals surface area contributed by atoms with Gasteiger partial charge in [0, 0.05) is 18.7 Å². The van der Waals surface area contributed by atoms with Crippen LogP contribution in [-0.2, 0) is 19.4 Å². The molecule has 0 bridgehead atoms. The topological polar surface area (TPSA) is 67.7 Å². The van der Waals surface area contributed by atoms with Gasteiger partial charge in [-0.3, -0.25) is 5.41 Å². The molecule has 4 nitrogen and oxygen atoms in total. The fraction of sp³-hybridized carbons (Fsp3) is 0.692. The normalized spacial score (nSPS) is 20.9. The van der Waals surface area contributed by atoms with Gasteiger partial charge < -0.3 is 10.3 Å². The molecular weight excluding hydrogens is 212 g/mol. The molecule has 3 N–H and O–H groups in total. The second-order valence-corrected chi connectivity index (χ2v) is 5.67. The lowest BCUT2D eigenvalue weighted by Crippen LogP contribution is -2.21. The first kappa shape index (κ1) is 10.8. The molecule has 0 unspecified atom stereocenters. The zero-order chi connectivity index (χ0) is 11.9. The molecule has 0 radical (unpaired) electrons.